The van der Waals surface area contributed by atoms with Gasteiger partial charge in [-0.3, -0.25) is 4.57 Å². The maximum atomic E-state index is 10.8. The molecule has 18 heavy (non-hydrogen) atoms. The summed E-state index contributed by atoms with van der Waals surface area (Å²) >= 11 is 6.01. The second-order valence-electron chi connectivity index (χ2n) is 3.73. The minimum Gasteiger partial charge on any atom is -0.360 e. The number of aromatic nitrogens is 2. The van der Waals surface area contributed by atoms with Crippen molar-refractivity contribution in [3.8, 4) is 0 Å². The Morgan fingerprint density at radius 2 is 2.22 bits per heavy atom. The van der Waals surface area contributed by atoms with Gasteiger partial charge in [-0.2, -0.15) is 0 Å². The highest BCUT2D eigenvalue weighted by atomic mass is 35.5. The summed E-state index contributed by atoms with van der Waals surface area (Å²) in [5.74, 6) is 0.171. The van der Waals surface area contributed by atoms with Crippen molar-refractivity contribution in [3.05, 3.63) is 51.3 Å². The third kappa shape index (κ3) is 2.43. The van der Waals surface area contributed by atoms with Crippen LogP contribution in [0.4, 0.5) is 11.6 Å². The Balaban J connectivity index is 2.18. The number of nitrogens with zero attached hydrogens (tertiary/aromatic N) is 3. The van der Waals surface area contributed by atoms with Crippen LogP contribution in [-0.4, -0.2) is 14.5 Å². The van der Waals surface area contributed by atoms with Gasteiger partial charge in [-0.05, 0) is 21.5 Å². The lowest BCUT2D eigenvalue weighted by Gasteiger charge is -2.07. The summed E-state index contributed by atoms with van der Waals surface area (Å²) in [5, 5.41) is 14.4. The van der Waals surface area contributed by atoms with Gasteiger partial charge >= 0.3 is 5.82 Å². The summed E-state index contributed by atoms with van der Waals surface area (Å²) in [5.41, 5.74) is 0.870. The zero-order valence-corrected chi connectivity index (χ0v) is 10.4. The van der Waals surface area contributed by atoms with Crippen molar-refractivity contribution >= 4 is 23.2 Å². The van der Waals surface area contributed by atoms with Gasteiger partial charge in [-0.15, -0.1) is 0 Å². The Bertz CT molecular complexity index is 582. The molecule has 1 aromatic heterocycles. The number of benzene rings is 1. The van der Waals surface area contributed by atoms with Crippen LogP contribution in [0.25, 0.3) is 0 Å². The SMILES string of the molecule is Cn1cnc([N+](=O)[O-])c1NCc1ccccc1Cl. The monoisotopic (exact) mass is 266 g/mol. The van der Waals surface area contributed by atoms with E-state index in [1.165, 1.54) is 6.33 Å². The summed E-state index contributed by atoms with van der Waals surface area (Å²) in [6.07, 6.45) is 1.40. The van der Waals surface area contributed by atoms with Crippen molar-refractivity contribution < 1.29 is 4.92 Å². The fourth-order valence-corrected chi connectivity index (χ4v) is 1.78. The van der Waals surface area contributed by atoms with Gasteiger partial charge in [-0.25, -0.2) is 0 Å². The van der Waals surface area contributed by atoms with Crippen LogP contribution in [0.5, 0.6) is 0 Å². The Hall–Kier alpha value is -2.08. The molecule has 0 spiro atoms. The molecule has 0 radical (unpaired) electrons. The molecular formula is C11H11ClN4O2. The first-order valence-electron chi connectivity index (χ1n) is 5.22. The van der Waals surface area contributed by atoms with E-state index in [-0.39, 0.29) is 5.82 Å². The summed E-state index contributed by atoms with van der Waals surface area (Å²) in [6.45, 7) is 0.403. The van der Waals surface area contributed by atoms with Crippen LogP contribution in [0.15, 0.2) is 30.6 Å². The molecule has 0 unspecified atom stereocenters. The number of hydrogen-bond donors (Lipinski definition) is 1. The second kappa shape index (κ2) is 5.05. The molecule has 1 aromatic carbocycles. The normalized spacial score (nSPS) is 10.3. The van der Waals surface area contributed by atoms with Gasteiger partial charge in [0, 0.05) is 18.6 Å². The standard InChI is InChI=1S/C11H11ClN4O2/c1-15-7-14-11(16(17)18)10(15)13-6-8-4-2-3-5-9(8)12/h2-5,7,13H,6H2,1H3. The van der Waals surface area contributed by atoms with E-state index in [9.17, 15) is 10.1 Å². The predicted octanol–water partition coefficient (Wildman–Crippen LogP) is 2.59. The van der Waals surface area contributed by atoms with Crippen molar-refractivity contribution in [1.82, 2.24) is 9.55 Å². The number of halogens is 1. The fraction of sp³-hybridized carbons (Fsp3) is 0.182. The molecule has 2 aromatic rings. The molecule has 0 aliphatic rings. The van der Waals surface area contributed by atoms with Crippen LogP contribution in [0.2, 0.25) is 5.02 Å². The highest BCUT2D eigenvalue weighted by molar-refractivity contribution is 6.31. The Labute approximate surface area is 108 Å². The second-order valence-corrected chi connectivity index (χ2v) is 4.14. The topological polar surface area (TPSA) is 73.0 Å². The quantitative estimate of drug-likeness (QED) is 0.682. The molecule has 0 aliphatic heterocycles. The molecule has 1 N–H and O–H groups in total. The molecule has 0 atom stereocenters. The number of hydrogen-bond acceptors (Lipinski definition) is 4. The van der Waals surface area contributed by atoms with Crippen LogP contribution in [0.1, 0.15) is 5.56 Å². The zero-order valence-electron chi connectivity index (χ0n) is 9.63. The number of nitrogens with one attached hydrogen (secondary N) is 1. The lowest BCUT2D eigenvalue weighted by atomic mass is 10.2. The van der Waals surface area contributed by atoms with Gasteiger partial charge in [0.05, 0.1) is 0 Å². The van der Waals surface area contributed by atoms with E-state index in [0.29, 0.717) is 17.4 Å². The number of imidazole rings is 1. The first-order chi connectivity index (χ1) is 8.59. The van der Waals surface area contributed by atoms with E-state index >= 15 is 0 Å². The Morgan fingerprint density at radius 1 is 1.50 bits per heavy atom. The van der Waals surface area contributed by atoms with E-state index < -0.39 is 4.92 Å². The molecule has 0 fully saturated rings. The summed E-state index contributed by atoms with van der Waals surface area (Å²) < 4.78 is 1.56. The minimum absolute atomic E-state index is 0.190. The maximum absolute atomic E-state index is 10.8. The first-order valence-corrected chi connectivity index (χ1v) is 5.60. The molecule has 0 saturated carbocycles. The van der Waals surface area contributed by atoms with Crippen molar-refractivity contribution in [2.24, 2.45) is 7.05 Å². The van der Waals surface area contributed by atoms with Crippen LogP contribution in [-0.2, 0) is 13.6 Å². The smallest absolute Gasteiger partial charge is 0.360 e. The molecule has 0 saturated heterocycles. The Morgan fingerprint density at radius 3 is 2.89 bits per heavy atom. The van der Waals surface area contributed by atoms with Crippen molar-refractivity contribution in [3.63, 3.8) is 0 Å². The third-order valence-electron chi connectivity index (χ3n) is 2.49. The number of nitro groups is 1. The molecule has 7 heteroatoms. The average Bonchev–Trinajstić information content (AvgIpc) is 2.70. The van der Waals surface area contributed by atoms with E-state index in [4.69, 9.17) is 11.6 Å². The highest BCUT2D eigenvalue weighted by Gasteiger charge is 2.19. The molecule has 2 rings (SSSR count). The predicted molar refractivity (Wildman–Crippen MR) is 68.6 cm³/mol. The largest absolute Gasteiger partial charge is 0.406 e. The van der Waals surface area contributed by atoms with Crippen molar-refractivity contribution in [1.29, 1.82) is 0 Å². The van der Waals surface area contributed by atoms with Gasteiger partial charge in [0.1, 0.15) is 0 Å². The van der Waals surface area contributed by atoms with Crippen LogP contribution in [0, 0.1) is 10.1 Å². The van der Waals surface area contributed by atoms with E-state index in [2.05, 4.69) is 10.3 Å². The highest BCUT2D eigenvalue weighted by Crippen LogP contribution is 2.23. The van der Waals surface area contributed by atoms with Crippen molar-refractivity contribution in [2.45, 2.75) is 6.54 Å². The zero-order chi connectivity index (χ0) is 13.1. The van der Waals surface area contributed by atoms with Crippen LogP contribution >= 0.6 is 11.6 Å². The van der Waals surface area contributed by atoms with E-state index in [0.717, 1.165) is 5.56 Å². The lowest BCUT2D eigenvalue weighted by molar-refractivity contribution is -0.388. The molecule has 6 nitrogen and oxygen atoms in total. The van der Waals surface area contributed by atoms with Gasteiger partial charge in [-0.1, -0.05) is 29.8 Å². The number of anilines is 1. The summed E-state index contributed by atoms with van der Waals surface area (Å²) in [7, 11) is 1.69. The third-order valence-corrected chi connectivity index (χ3v) is 2.86. The molecule has 1 heterocycles. The van der Waals surface area contributed by atoms with Crippen LogP contribution in [0.3, 0.4) is 0 Å². The first kappa shape index (κ1) is 12.4. The molecule has 0 bridgehead atoms. The molecule has 0 amide bonds. The lowest BCUT2D eigenvalue weighted by Crippen LogP contribution is -2.06. The fourth-order valence-electron chi connectivity index (χ4n) is 1.58. The van der Waals surface area contributed by atoms with Gasteiger partial charge in [0.25, 0.3) is 0 Å². The number of rotatable bonds is 4. The number of aryl methyl sites for hydroxylation is 1. The van der Waals surface area contributed by atoms with E-state index in [1.807, 2.05) is 18.2 Å². The van der Waals surface area contributed by atoms with Crippen molar-refractivity contribution in [2.75, 3.05) is 5.32 Å². The molecule has 0 aliphatic carbocycles. The van der Waals surface area contributed by atoms with Gasteiger partial charge < -0.3 is 15.4 Å². The average molecular weight is 267 g/mol. The Kier molecular flexibility index (Phi) is 3.47. The minimum atomic E-state index is -0.519. The van der Waals surface area contributed by atoms with E-state index in [1.54, 1.807) is 17.7 Å². The van der Waals surface area contributed by atoms with Gasteiger partial charge in [0.2, 0.25) is 12.1 Å². The van der Waals surface area contributed by atoms with Crippen LogP contribution < -0.4 is 5.32 Å². The maximum Gasteiger partial charge on any atom is 0.406 e. The molecule has 94 valence electrons. The van der Waals surface area contributed by atoms with Gasteiger partial charge in [0.15, 0.2) is 0 Å². The molecular weight excluding hydrogens is 256 g/mol. The summed E-state index contributed by atoms with van der Waals surface area (Å²) in [4.78, 5) is 14.0. The summed E-state index contributed by atoms with van der Waals surface area (Å²) in [6, 6.07) is 7.33.